The van der Waals surface area contributed by atoms with E-state index in [4.69, 9.17) is 5.11 Å². The molecule has 0 aromatic heterocycles. The fourth-order valence-electron chi connectivity index (χ4n) is 0.182. The van der Waals surface area contributed by atoms with Gasteiger partial charge in [0, 0.05) is 0 Å². The molecular weight excluding hydrogens is 164 g/mol. The highest BCUT2D eigenvalue weighted by Gasteiger charge is 2.01. The van der Waals surface area contributed by atoms with E-state index in [0.717, 1.165) is 0 Å². The van der Waals surface area contributed by atoms with Gasteiger partial charge in [-0.05, 0) is 0 Å². The lowest BCUT2D eigenvalue weighted by Gasteiger charge is -1.86. The summed E-state index contributed by atoms with van der Waals surface area (Å²) in [6, 6.07) is -1.43. The minimum Gasteiger partial charge on any atom is -0.465 e. The van der Waals surface area contributed by atoms with Gasteiger partial charge in [-0.3, -0.25) is 0 Å². The Morgan fingerprint density at radius 2 is 1.90 bits per heavy atom. The minimum atomic E-state index is -2.91. The van der Waals surface area contributed by atoms with E-state index in [1.807, 2.05) is 0 Å². The molecule has 0 aliphatic rings. The molecule has 0 aromatic carbocycles. The van der Waals surface area contributed by atoms with E-state index in [9.17, 15) is 18.0 Å². The van der Waals surface area contributed by atoms with E-state index in [1.165, 1.54) is 5.32 Å². The van der Waals surface area contributed by atoms with E-state index in [-0.39, 0.29) is 0 Å². The van der Waals surface area contributed by atoms with Crippen molar-refractivity contribution in [1.82, 2.24) is 5.32 Å². The number of carbonyl (C=O) groups is 2. The molecule has 0 aromatic rings. The molecule has 0 aliphatic carbocycles. The number of carbonyl (C=O) groups excluding carboxylic acids is 1. The zero-order chi connectivity index (χ0) is 8.15. The molecule has 0 saturated carbocycles. The van der Waals surface area contributed by atoms with E-state index in [0.29, 0.717) is 0 Å². The summed E-state index contributed by atoms with van der Waals surface area (Å²) < 4.78 is 21.4. The van der Waals surface area contributed by atoms with Crippen molar-refractivity contribution in [2.75, 3.05) is 0 Å². The smallest absolute Gasteiger partial charge is 0.412 e. The Bertz CT molecular complexity index is 268. The van der Waals surface area contributed by atoms with Crippen LogP contribution in [0.5, 0.6) is 0 Å². The van der Waals surface area contributed by atoms with Crippen LogP contribution >= 0.6 is 0 Å². The normalized spacial score (nSPS) is 8.00. The lowest BCUT2D eigenvalue weighted by Crippen LogP contribution is -2.25. The molecule has 10 heavy (non-hydrogen) atoms. The Labute approximate surface area is 56.4 Å². The van der Waals surface area contributed by atoms with Crippen LogP contribution in [-0.2, 0) is 10.5 Å². The third-order valence-corrected chi connectivity index (χ3v) is 0.686. The maximum Gasteiger partial charge on any atom is 0.412 e. The number of rotatable bonds is 0. The highest BCUT2D eigenvalue weighted by atomic mass is 32.2. The van der Waals surface area contributed by atoms with E-state index >= 15 is 0 Å². The second kappa shape index (κ2) is 3.56. The fraction of sp³-hybridized carbons (Fsp3) is 0. The maximum atomic E-state index is 10.0. The summed E-state index contributed by atoms with van der Waals surface area (Å²) >= 11 is 0. The molecule has 7 nitrogen and oxygen atoms in total. The largest absolute Gasteiger partial charge is 0.465 e. The summed E-state index contributed by atoms with van der Waals surface area (Å²) in [5.74, 6) is 0. The van der Waals surface area contributed by atoms with Crippen molar-refractivity contribution in [1.29, 1.82) is 0 Å². The van der Waals surface area contributed by atoms with Crippen LogP contribution in [0.1, 0.15) is 0 Å². The molecule has 0 spiro atoms. The first-order valence-corrected chi connectivity index (χ1v) is 2.90. The first kappa shape index (κ1) is 8.56. The van der Waals surface area contributed by atoms with Crippen molar-refractivity contribution >= 4 is 22.6 Å². The van der Waals surface area contributed by atoms with Gasteiger partial charge in [0.05, 0.1) is 0 Å². The Kier molecular flexibility index (Phi) is 3.05. The van der Waals surface area contributed by atoms with Crippen molar-refractivity contribution in [2.24, 2.45) is 4.36 Å². The van der Waals surface area contributed by atoms with Crippen LogP contribution in [0.15, 0.2) is 4.36 Å². The van der Waals surface area contributed by atoms with Crippen molar-refractivity contribution in [3.05, 3.63) is 0 Å². The topological polar surface area (TPSA) is 113 Å². The van der Waals surface area contributed by atoms with Gasteiger partial charge >= 0.3 is 22.6 Å². The Morgan fingerprint density at radius 1 is 1.40 bits per heavy atom. The van der Waals surface area contributed by atoms with Crippen molar-refractivity contribution < 1.29 is 23.1 Å². The molecule has 0 rings (SSSR count). The van der Waals surface area contributed by atoms with E-state index in [1.54, 1.807) is 0 Å². The van der Waals surface area contributed by atoms with Crippen LogP contribution in [0.4, 0.5) is 9.59 Å². The molecule has 2 N–H and O–H groups in total. The molecule has 0 fully saturated rings. The Hall–Kier alpha value is -1.44. The van der Waals surface area contributed by atoms with Gasteiger partial charge < -0.3 is 5.11 Å². The van der Waals surface area contributed by atoms with Gasteiger partial charge in [-0.25, -0.2) is 14.9 Å². The summed E-state index contributed by atoms with van der Waals surface area (Å²) in [4.78, 5) is 19.6. The van der Waals surface area contributed by atoms with Crippen LogP contribution in [0, 0.1) is 0 Å². The van der Waals surface area contributed by atoms with Crippen LogP contribution in [0.2, 0.25) is 0 Å². The number of hydrogen-bond donors (Lipinski definition) is 2. The minimum absolute atomic E-state index is 1.19. The highest BCUT2D eigenvalue weighted by Crippen LogP contribution is 1.71. The zero-order valence-electron chi connectivity index (χ0n) is 4.44. The lowest BCUT2D eigenvalue weighted by molar-refractivity contribution is 0.193. The second-order valence-electron chi connectivity index (χ2n) is 1.04. The molecule has 8 heteroatoms. The van der Waals surface area contributed by atoms with Gasteiger partial charge in [-0.15, -0.1) is 0 Å². The van der Waals surface area contributed by atoms with Gasteiger partial charge in [0.2, 0.25) is 0 Å². The fourth-order valence-corrected chi connectivity index (χ4v) is 0.363. The van der Waals surface area contributed by atoms with Crippen LogP contribution in [0.25, 0.3) is 0 Å². The van der Waals surface area contributed by atoms with Gasteiger partial charge in [-0.2, -0.15) is 8.42 Å². The maximum absolute atomic E-state index is 10.0. The summed E-state index contributed by atoms with van der Waals surface area (Å²) in [5.41, 5.74) is 0. The predicted octanol–water partition coefficient (Wildman–Crippen LogP) is -0.563. The van der Waals surface area contributed by atoms with Gasteiger partial charge in [0.1, 0.15) is 0 Å². The Morgan fingerprint density at radius 3 is 2.20 bits per heavy atom. The van der Waals surface area contributed by atoms with E-state index < -0.39 is 22.6 Å². The number of nitrogens with zero attached hydrogens (tertiary/aromatic N) is 1. The summed E-state index contributed by atoms with van der Waals surface area (Å²) in [5, 5.41) is 9.00. The van der Waals surface area contributed by atoms with E-state index in [2.05, 4.69) is 4.36 Å². The first-order chi connectivity index (χ1) is 4.52. The number of hydrogen-bond acceptors (Lipinski definition) is 4. The quantitative estimate of drug-likeness (QED) is 0.500. The molecule has 3 amide bonds. The number of imide groups is 1. The first-order valence-electron chi connectivity index (χ1n) is 1.87. The molecule has 0 heterocycles. The molecule has 0 aliphatic heterocycles. The molecule has 0 saturated heterocycles. The SMILES string of the molecule is O=C(O)NC(=O)N=S(=O)=O. The highest BCUT2D eigenvalue weighted by molar-refractivity contribution is 7.62. The van der Waals surface area contributed by atoms with Crippen molar-refractivity contribution in [2.45, 2.75) is 0 Å². The molecular formula is C2H2N2O5S. The summed E-state index contributed by atoms with van der Waals surface area (Å²) in [6.45, 7) is 0. The average molecular weight is 166 g/mol. The third-order valence-electron chi connectivity index (χ3n) is 0.371. The monoisotopic (exact) mass is 166 g/mol. The Balaban J connectivity index is 4.14. The number of nitrogens with one attached hydrogen (secondary N) is 1. The third kappa shape index (κ3) is 4.71. The van der Waals surface area contributed by atoms with Crippen molar-refractivity contribution in [3.63, 3.8) is 0 Å². The van der Waals surface area contributed by atoms with Crippen LogP contribution in [0.3, 0.4) is 0 Å². The zero-order valence-corrected chi connectivity index (χ0v) is 5.25. The molecule has 0 unspecified atom stereocenters. The van der Waals surface area contributed by atoms with Gasteiger partial charge in [0.25, 0.3) is 0 Å². The molecule has 0 bridgehead atoms. The number of amides is 3. The molecule has 56 valence electrons. The van der Waals surface area contributed by atoms with Gasteiger partial charge in [0.15, 0.2) is 0 Å². The summed E-state index contributed by atoms with van der Waals surface area (Å²) in [7, 11) is -2.91. The lowest BCUT2D eigenvalue weighted by atomic mass is 11.0. The average Bonchev–Trinajstić information content (AvgIpc) is 1.58. The van der Waals surface area contributed by atoms with Crippen LogP contribution in [-0.4, -0.2) is 25.6 Å². The number of urea groups is 1. The summed E-state index contributed by atoms with van der Waals surface area (Å²) in [6.07, 6.45) is -1.65. The standard InChI is InChI=1S/C2H2N2O5S/c5-1(3-2(6)7)4-10(8)9/h(H,3,5)(H,6,7). The molecule has 0 radical (unpaired) electrons. The van der Waals surface area contributed by atoms with Crippen molar-refractivity contribution in [3.8, 4) is 0 Å². The predicted molar refractivity (Wildman–Crippen MR) is 27.9 cm³/mol. The van der Waals surface area contributed by atoms with Crippen LogP contribution < -0.4 is 5.32 Å². The second-order valence-corrected chi connectivity index (χ2v) is 1.66. The molecule has 0 atom stereocenters. The van der Waals surface area contributed by atoms with Gasteiger partial charge in [-0.1, -0.05) is 4.36 Å². The number of carboxylic acid groups (broad SMARTS) is 1.